The molecule has 1 atom stereocenters. The van der Waals surface area contributed by atoms with Crippen molar-refractivity contribution in [1.29, 1.82) is 0 Å². The summed E-state index contributed by atoms with van der Waals surface area (Å²) >= 11 is 0. The summed E-state index contributed by atoms with van der Waals surface area (Å²) in [6.45, 7) is 1.73. The molecule has 3 rings (SSSR count). The van der Waals surface area contributed by atoms with Gasteiger partial charge in [-0.2, -0.15) is 0 Å². The minimum absolute atomic E-state index is 0.200. The van der Waals surface area contributed by atoms with Crippen LogP contribution in [0.3, 0.4) is 0 Å². The molecule has 1 saturated carbocycles. The number of pyridine rings is 1. The van der Waals surface area contributed by atoms with E-state index in [1.807, 2.05) is 4.90 Å². The van der Waals surface area contributed by atoms with Gasteiger partial charge in [0.05, 0.1) is 12.1 Å². The molecule has 0 aromatic carbocycles. The molecule has 0 bridgehead atoms. The van der Waals surface area contributed by atoms with Gasteiger partial charge in [-0.05, 0) is 31.4 Å². The van der Waals surface area contributed by atoms with E-state index < -0.39 is 0 Å². The van der Waals surface area contributed by atoms with Crippen molar-refractivity contribution in [3.05, 3.63) is 23.9 Å². The number of rotatable bonds is 5. The molecule has 2 amide bonds. The molecule has 1 saturated heterocycles. The summed E-state index contributed by atoms with van der Waals surface area (Å²) < 4.78 is 0. The lowest BCUT2D eigenvalue weighted by Gasteiger charge is -2.20. The SMILES string of the molecule is C#CCNC(=O)c1ccc(NC2CCN(C(=O)C3CCCC3)C2)nc1. The molecule has 25 heavy (non-hydrogen) atoms. The zero-order valence-electron chi connectivity index (χ0n) is 14.3. The van der Waals surface area contributed by atoms with Gasteiger partial charge in [-0.25, -0.2) is 4.98 Å². The van der Waals surface area contributed by atoms with E-state index >= 15 is 0 Å². The molecule has 0 radical (unpaired) electrons. The molecule has 1 aliphatic carbocycles. The summed E-state index contributed by atoms with van der Waals surface area (Å²) in [6.07, 6.45) is 12.0. The molecule has 6 nitrogen and oxygen atoms in total. The van der Waals surface area contributed by atoms with Gasteiger partial charge < -0.3 is 15.5 Å². The minimum Gasteiger partial charge on any atom is -0.365 e. The number of carbonyl (C=O) groups is 2. The molecule has 2 fully saturated rings. The van der Waals surface area contributed by atoms with Gasteiger partial charge in [0.15, 0.2) is 0 Å². The number of terminal acetylenes is 1. The van der Waals surface area contributed by atoms with E-state index in [4.69, 9.17) is 6.42 Å². The third-order valence-corrected chi connectivity index (χ3v) is 4.93. The fourth-order valence-electron chi connectivity index (χ4n) is 3.57. The Labute approximate surface area is 148 Å². The monoisotopic (exact) mass is 340 g/mol. The van der Waals surface area contributed by atoms with Crippen LogP contribution in [-0.4, -0.2) is 47.4 Å². The van der Waals surface area contributed by atoms with Gasteiger partial charge in [-0.3, -0.25) is 9.59 Å². The van der Waals surface area contributed by atoms with Crippen LogP contribution in [0.15, 0.2) is 18.3 Å². The first kappa shape index (κ1) is 17.3. The Balaban J connectivity index is 1.50. The number of aromatic nitrogens is 1. The zero-order valence-corrected chi connectivity index (χ0v) is 14.3. The van der Waals surface area contributed by atoms with Crippen LogP contribution in [-0.2, 0) is 4.79 Å². The highest BCUT2D eigenvalue weighted by molar-refractivity contribution is 5.94. The van der Waals surface area contributed by atoms with Gasteiger partial charge >= 0.3 is 0 Å². The Hall–Kier alpha value is -2.55. The number of hydrogen-bond donors (Lipinski definition) is 2. The normalized spacial score (nSPS) is 20.3. The van der Waals surface area contributed by atoms with Crippen molar-refractivity contribution in [2.45, 2.75) is 38.1 Å². The molecular formula is C19H24N4O2. The highest BCUT2D eigenvalue weighted by atomic mass is 16.2. The van der Waals surface area contributed by atoms with Crippen molar-refractivity contribution in [1.82, 2.24) is 15.2 Å². The standard InChI is InChI=1S/C19H24N4O2/c1-2-10-20-18(24)15-7-8-17(21-12-15)22-16-9-11-23(13-16)19(25)14-5-3-4-6-14/h1,7-8,12,14,16H,3-6,9-11,13H2,(H,20,24)(H,21,22). The van der Waals surface area contributed by atoms with E-state index in [9.17, 15) is 9.59 Å². The first-order valence-electron chi connectivity index (χ1n) is 8.90. The predicted molar refractivity (Wildman–Crippen MR) is 96.0 cm³/mol. The molecular weight excluding hydrogens is 316 g/mol. The number of nitrogens with zero attached hydrogens (tertiary/aromatic N) is 2. The van der Waals surface area contributed by atoms with Gasteiger partial charge in [0, 0.05) is 31.2 Å². The quantitative estimate of drug-likeness (QED) is 0.799. The maximum absolute atomic E-state index is 12.5. The average molecular weight is 340 g/mol. The van der Waals surface area contributed by atoms with Gasteiger partial charge in [0.25, 0.3) is 5.91 Å². The maximum atomic E-state index is 12.5. The van der Waals surface area contributed by atoms with Gasteiger partial charge in [0.1, 0.15) is 5.82 Å². The third-order valence-electron chi connectivity index (χ3n) is 4.93. The number of amides is 2. The van der Waals surface area contributed by atoms with Crippen LogP contribution < -0.4 is 10.6 Å². The highest BCUT2D eigenvalue weighted by Gasteiger charge is 2.32. The number of hydrogen-bond acceptors (Lipinski definition) is 4. The van der Waals surface area contributed by atoms with Crippen molar-refractivity contribution < 1.29 is 9.59 Å². The Bertz CT molecular complexity index is 659. The molecule has 2 N–H and O–H groups in total. The molecule has 2 heterocycles. The number of carbonyl (C=O) groups excluding carboxylic acids is 2. The summed E-state index contributed by atoms with van der Waals surface area (Å²) in [5, 5.41) is 5.96. The van der Waals surface area contributed by atoms with Gasteiger partial charge in [-0.15, -0.1) is 6.42 Å². The van der Waals surface area contributed by atoms with Crippen LogP contribution in [0, 0.1) is 18.3 Å². The van der Waals surface area contributed by atoms with Crippen LogP contribution in [0.4, 0.5) is 5.82 Å². The van der Waals surface area contributed by atoms with Crippen molar-refractivity contribution in [2.75, 3.05) is 25.0 Å². The Morgan fingerprint density at radius 1 is 1.28 bits per heavy atom. The summed E-state index contributed by atoms with van der Waals surface area (Å²) in [4.78, 5) is 30.5. The number of nitrogens with one attached hydrogen (secondary N) is 2. The summed E-state index contributed by atoms with van der Waals surface area (Å²) in [7, 11) is 0. The lowest BCUT2D eigenvalue weighted by molar-refractivity contribution is -0.134. The van der Waals surface area contributed by atoms with E-state index in [0.717, 1.165) is 32.4 Å². The fraction of sp³-hybridized carbons (Fsp3) is 0.526. The minimum atomic E-state index is -0.230. The zero-order chi connectivity index (χ0) is 17.6. The molecule has 1 aromatic rings. The Morgan fingerprint density at radius 2 is 2.08 bits per heavy atom. The highest BCUT2D eigenvalue weighted by Crippen LogP contribution is 2.28. The number of likely N-dealkylation sites (tertiary alicyclic amines) is 1. The van der Waals surface area contributed by atoms with E-state index in [1.54, 1.807) is 12.1 Å². The molecule has 132 valence electrons. The van der Waals surface area contributed by atoms with Crippen molar-refractivity contribution in [3.63, 3.8) is 0 Å². The van der Waals surface area contributed by atoms with Crippen LogP contribution in [0.2, 0.25) is 0 Å². The lowest BCUT2D eigenvalue weighted by Crippen LogP contribution is -2.35. The summed E-state index contributed by atoms with van der Waals surface area (Å²) in [5.41, 5.74) is 0.477. The van der Waals surface area contributed by atoms with E-state index in [-0.39, 0.29) is 24.4 Å². The van der Waals surface area contributed by atoms with Gasteiger partial charge in [0.2, 0.25) is 5.91 Å². The second-order valence-electron chi connectivity index (χ2n) is 6.71. The van der Waals surface area contributed by atoms with E-state index in [1.165, 1.54) is 19.0 Å². The van der Waals surface area contributed by atoms with Crippen molar-refractivity contribution in [2.24, 2.45) is 5.92 Å². The molecule has 6 heteroatoms. The second-order valence-corrected chi connectivity index (χ2v) is 6.71. The topological polar surface area (TPSA) is 74.3 Å². The molecule has 1 aliphatic heterocycles. The van der Waals surface area contributed by atoms with Crippen LogP contribution in [0.25, 0.3) is 0 Å². The van der Waals surface area contributed by atoms with E-state index in [0.29, 0.717) is 17.3 Å². The molecule has 2 aliphatic rings. The Morgan fingerprint density at radius 3 is 2.76 bits per heavy atom. The average Bonchev–Trinajstić information content (AvgIpc) is 3.32. The van der Waals surface area contributed by atoms with Gasteiger partial charge in [-0.1, -0.05) is 18.8 Å². The molecule has 1 aromatic heterocycles. The summed E-state index contributed by atoms with van der Waals surface area (Å²) in [6, 6.07) is 3.71. The smallest absolute Gasteiger partial charge is 0.253 e. The fourth-order valence-corrected chi connectivity index (χ4v) is 3.57. The van der Waals surface area contributed by atoms with Crippen LogP contribution in [0.1, 0.15) is 42.5 Å². The molecule has 0 spiro atoms. The number of anilines is 1. The molecule has 1 unspecified atom stereocenters. The van der Waals surface area contributed by atoms with Crippen molar-refractivity contribution >= 4 is 17.6 Å². The van der Waals surface area contributed by atoms with E-state index in [2.05, 4.69) is 21.5 Å². The first-order valence-corrected chi connectivity index (χ1v) is 8.90. The Kier molecular flexibility index (Phi) is 5.54. The lowest BCUT2D eigenvalue weighted by atomic mass is 10.1. The summed E-state index contributed by atoms with van der Waals surface area (Å²) in [5.74, 6) is 3.40. The maximum Gasteiger partial charge on any atom is 0.253 e. The van der Waals surface area contributed by atoms with Crippen LogP contribution in [0.5, 0.6) is 0 Å². The predicted octanol–water partition coefficient (Wildman–Crippen LogP) is 1.65. The second kappa shape index (κ2) is 8.02. The first-order chi connectivity index (χ1) is 12.2. The third kappa shape index (κ3) is 4.30. The largest absolute Gasteiger partial charge is 0.365 e. The van der Waals surface area contributed by atoms with Crippen LogP contribution >= 0.6 is 0 Å². The van der Waals surface area contributed by atoms with Crippen molar-refractivity contribution in [3.8, 4) is 12.3 Å².